The first-order valence-corrected chi connectivity index (χ1v) is 1.67. The SMILES string of the molecule is N#CC(N)C(=N)N. The largest absolute Gasteiger partial charge is 0.385 e. The van der Waals surface area contributed by atoms with E-state index < -0.39 is 6.04 Å². The molecule has 0 aliphatic heterocycles. The molecule has 4 nitrogen and oxygen atoms in total. The first kappa shape index (κ1) is 5.92. The van der Waals surface area contributed by atoms with E-state index in [2.05, 4.69) is 0 Å². The monoisotopic (exact) mass is 98.1 g/mol. The van der Waals surface area contributed by atoms with Crippen molar-refractivity contribution in [1.29, 1.82) is 10.7 Å². The Morgan fingerprint density at radius 2 is 2.29 bits per heavy atom. The van der Waals surface area contributed by atoms with Gasteiger partial charge in [0.25, 0.3) is 0 Å². The second-order valence-corrected chi connectivity index (χ2v) is 1.06. The Morgan fingerprint density at radius 1 is 1.86 bits per heavy atom. The van der Waals surface area contributed by atoms with Crippen molar-refractivity contribution in [2.24, 2.45) is 11.5 Å². The highest BCUT2D eigenvalue weighted by atomic mass is 14.8. The lowest BCUT2D eigenvalue weighted by Gasteiger charge is -1.93. The molecule has 0 amide bonds. The number of rotatable bonds is 1. The molecule has 7 heavy (non-hydrogen) atoms. The fraction of sp³-hybridized carbons (Fsp3) is 0.333. The third kappa shape index (κ3) is 1.73. The van der Waals surface area contributed by atoms with Crippen molar-refractivity contribution in [2.45, 2.75) is 6.04 Å². The normalized spacial score (nSPS) is 12.0. The van der Waals surface area contributed by atoms with Crippen LogP contribution in [0.1, 0.15) is 0 Å². The van der Waals surface area contributed by atoms with E-state index >= 15 is 0 Å². The number of nitrogens with two attached hydrogens (primary N) is 2. The summed E-state index contributed by atoms with van der Waals surface area (Å²) in [5, 5.41) is 14.4. The molecule has 0 aromatic heterocycles. The summed E-state index contributed by atoms with van der Waals surface area (Å²) < 4.78 is 0. The molecule has 1 unspecified atom stereocenters. The van der Waals surface area contributed by atoms with E-state index in [9.17, 15) is 0 Å². The minimum absolute atomic E-state index is 0.289. The second-order valence-electron chi connectivity index (χ2n) is 1.06. The first-order chi connectivity index (χ1) is 3.18. The molecule has 0 rings (SSSR count). The smallest absolute Gasteiger partial charge is 0.150 e. The van der Waals surface area contributed by atoms with E-state index in [0.29, 0.717) is 0 Å². The van der Waals surface area contributed by atoms with Crippen LogP contribution in [0.15, 0.2) is 0 Å². The van der Waals surface area contributed by atoms with Crippen LogP contribution in [0.4, 0.5) is 0 Å². The molecule has 0 saturated carbocycles. The maximum atomic E-state index is 7.91. The zero-order valence-corrected chi connectivity index (χ0v) is 3.68. The highest BCUT2D eigenvalue weighted by molar-refractivity contribution is 5.84. The van der Waals surface area contributed by atoms with Gasteiger partial charge in [-0.25, -0.2) is 0 Å². The molecule has 0 aromatic carbocycles. The van der Waals surface area contributed by atoms with Gasteiger partial charge in [0.15, 0.2) is 6.04 Å². The Kier molecular flexibility index (Phi) is 1.82. The van der Waals surface area contributed by atoms with E-state index in [-0.39, 0.29) is 5.84 Å². The van der Waals surface area contributed by atoms with Crippen molar-refractivity contribution in [1.82, 2.24) is 0 Å². The van der Waals surface area contributed by atoms with Crippen LogP contribution in [0, 0.1) is 16.7 Å². The molecular formula is C3H6N4. The summed E-state index contributed by atoms with van der Waals surface area (Å²) >= 11 is 0. The Bertz CT molecular complexity index is 111. The maximum absolute atomic E-state index is 7.91. The highest BCUT2D eigenvalue weighted by Gasteiger charge is 1.98. The van der Waals surface area contributed by atoms with Gasteiger partial charge in [-0.3, -0.25) is 5.41 Å². The van der Waals surface area contributed by atoms with Crippen molar-refractivity contribution in [3.63, 3.8) is 0 Å². The second kappa shape index (κ2) is 2.16. The number of nitriles is 1. The van der Waals surface area contributed by atoms with Gasteiger partial charge in [0.1, 0.15) is 5.84 Å². The van der Waals surface area contributed by atoms with Crippen molar-refractivity contribution in [3.8, 4) is 6.07 Å². The summed E-state index contributed by atoms with van der Waals surface area (Å²) in [4.78, 5) is 0. The maximum Gasteiger partial charge on any atom is 0.150 e. The number of hydrogen-bond donors (Lipinski definition) is 3. The summed E-state index contributed by atoms with van der Waals surface area (Å²) in [6.07, 6.45) is 0. The summed E-state index contributed by atoms with van der Waals surface area (Å²) in [5.74, 6) is -0.289. The molecule has 4 heteroatoms. The van der Waals surface area contributed by atoms with Gasteiger partial charge < -0.3 is 11.5 Å². The average molecular weight is 98.1 g/mol. The van der Waals surface area contributed by atoms with E-state index in [1.807, 2.05) is 0 Å². The Balaban J connectivity index is 3.63. The van der Waals surface area contributed by atoms with Crippen LogP contribution < -0.4 is 11.5 Å². The van der Waals surface area contributed by atoms with E-state index in [1.54, 1.807) is 6.07 Å². The molecule has 0 aliphatic carbocycles. The third-order valence-electron chi connectivity index (χ3n) is 0.474. The predicted octanol–water partition coefficient (Wildman–Crippen LogP) is -1.23. The fourth-order valence-electron chi connectivity index (χ4n) is 0.0695. The molecule has 0 aromatic rings. The van der Waals surface area contributed by atoms with Crippen LogP contribution in [0.2, 0.25) is 0 Å². The molecule has 0 saturated heterocycles. The average Bonchev–Trinajstić information content (AvgIpc) is 1.65. The van der Waals surface area contributed by atoms with Gasteiger partial charge in [0.2, 0.25) is 0 Å². The molecule has 0 aliphatic rings. The Labute approximate surface area is 41.2 Å². The van der Waals surface area contributed by atoms with Gasteiger partial charge in [-0.1, -0.05) is 0 Å². The lowest BCUT2D eigenvalue weighted by atomic mass is 10.3. The zero-order chi connectivity index (χ0) is 5.86. The molecule has 1 atom stereocenters. The molecule has 5 N–H and O–H groups in total. The summed E-state index contributed by atoms with van der Waals surface area (Å²) in [6, 6.07) is 0.662. The fourth-order valence-corrected chi connectivity index (χ4v) is 0.0695. The summed E-state index contributed by atoms with van der Waals surface area (Å²) in [5.41, 5.74) is 9.69. The standard InChI is InChI=1S/C3H6N4/c4-1-2(5)3(6)7/h2H,5H2,(H3,6,7). The van der Waals surface area contributed by atoms with Crippen molar-refractivity contribution in [2.75, 3.05) is 0 Å². The minimum Gasteiger partial charge on any atom is -0.385 e. The molecule has 0 fully saturated rings. The van der Waals surface area contributed by atoms with Crippen molar-refractivity contribution >= 4 is 5.84 Å². The molecular weight excluding hydrogens is 92.1 g/mol. The lowest BCUT2D eigenvalue weighted by Crippen LogP contribution is -2.33. The van der Waals surface area contributed by atoms with Gasteiger partial charge in [0.05, 0.1) is 6.07 Å². The first-order valence-electron chi connectivity index (χ1n) is 1.67. The van der Waals surface area contributed by atoms with Gasteiger partial charge in [0, 0.05) is 0 Å². The van der Waals surface area contributed by atoms with Gasteiger partial charge in [-0.05, 0) is 0 Å². The van der Waals surface area contributed by atoms with Crippen molar-refractivity contribution in [3.05, 3.63) is 0 Å². The summed E-state index contributed by atoms with van der Waals surface area (Å²) in [7, 11) is 0. The molecule has 0 bridgehead atoms. The molecule has 38 valence electrons. The van der Waals surface area contributed by atoms with Crippen LogP contribution in [0.25, 0.3) is 0 Å². The molecule has 0 radical (unpaired) electrons. The highest BCUT2D eigenvalue weighted by Crippen LogP contribution is 1.66. The van der Waals surface area contributed by atoms with Gasteiger partial charge >= 0.3 is 0 Å². The lowest BCUT2D eigenvalue weighted by molar-refractivity contribution is 1.06. The van der Waals surface area contributed by atoms with Crippen LogP contribution in [0.5, 0.6) is 0 Å². The molecule has 0 heterocycles. The van der Waals surface area contributed by atoms with E-state index in [4.69, 9.17) is 22.1 Å². The van der Waals surface area contributed by atoms with Gasteiger partial charge in [-0.15, -0.1) is 0 Å². The molecule has 0 spiro atoms. The number of hydrogen-bond acceptors (Lipinski definition) is 3. The third-order valence-corrected chi connectivity index (χ3v) is 0.474. The predicted molar refractivity (Wildman–Crippen MR) is 25.5 cm³/mol. The Hall–Kier alpha value is -1.08. The van der Waals surface area contributed by atoms with E-state index in [1.165, 1.54) is 0 Å². The minimum atomic E-state index is -0.931. The number of nitrogens with zero attached hydrogens (tertiary/aromatic N) is 1. The van der Waals surface area contributed by atoms with Gasteiger partial charge in [-0.2, -0.15) is 5.26 Å². The summed E-state index contributed by atoms with van der Waals surface area (Å²) in [6.45, 7) is 0. The van der Waals surface area contributed by atoms with E-state index in [0.717, 1.165) is 0 Å². The topological polar surface area (TPSA) is 99.7 Å². The zero-order valence-electron chi connectivity index (χ0n) is 3.68. The quantitative estimate of drug-likeness (QED) is 0.283. The number of amidine groups is 1. The van der Waals surface area contributed by atoms with Crippen LogP contribution in [-0.4, -0.2) is 11.9 Å². The Morgan fingerprint density at radius 3 is 2.29 bits per heavy atom. The number of nitrogens with one attached hydrogen (secondary N) is 1. The van der Waals surface area contributed by atoms with Crippen LogP contribution in [0.3, 0.4) is 0 Å². The van der Waals surface area contributed by atoms with Crippen molar-refractivity contribution < 1.29 is 0 Å². The van der Waals surface area contributed by atoms with Crippen LogP contribution in [-0.2, 0) is 0 Å². The van der Waals surface area contributed by atoms with Crippen LogP contribution >= 0.6 is 0 Å².